The maximum Gasteiger partial charge on any atom is 0.225 e. The Morgan fingerprint density at radius 1 is 1.21 bits per heavy atom. The highest BCUT2D eigenvalue weighted by Gasteiger charge is 2.43. The molecule has 1 aromatic carbocycles. The molecule has 5 heterocycles. The van der Waals surface area contributed by atoms with Gasteiger partial charge in [-0.1, -0.05) is 50.3 Å². The number of hydrogen-bond donors (Lipinski definition) is 1. The lowest BCUT2D eigenvalue weighted by Gasteiger charge is -2.49. The van der Waals surface area contributed by atoms with Crippen LogP contribution < -0.4 is 5.32 Å². The lowest BCUT2D eigenvalue weighted by Crippen LogP contribution is -2.57. The van der Waals surface area contributed by atoms with Crippen molar-refractivity contribution in [1.29, 1.82) is 0 Å². The summed E-state index contributed by atoms with van der Waals surface area (Å²) in [4.78, 5) is 15.2. The van der Waals surface area contributed by atoms with Crippen molar-refractivity contribution < 1.29 is 9.21 Å². The van der Waals surface area contributed by atoms with Crippen molar-refractivity contribution in [3.63, 3.8) is 0 Å². The third kappa shape index (κ3) is 4.74. The van der Waals surface area contributed by atoms with Gasteiger partial charge in [0.15, 0.2) is 0 Å². The topological polar surface area (TPSA) is 76.2 Å². The fourth-order valence-electron chi connectivity index (χ4n) is 5.22. The molecule has 0 aliphatic carbocycles. The second-order valence-electron chi connectivity index (χ2n) is 10.5. The van der Waals surface area contributed by atoms with Crippen molar-refractivity contribution in [2.45, 2.75) is 58.2 Å². The van der Waals surface area contributed by atoms with Gasteiger partial charge in [-0.15, -0.1) is 5.10 Å². The molecule has 6 rings (SSSR count). The molecular weight excluding hydrogens is 414 g/mol. The van der Waals surface area contributed by atoms with E-state index in [4.69, 9.17) is 4.42 Å². The molecule has 2 aromatic heterocycles. The summed E-state index contributed by atoms with van der Waals surface area (Å²) in [7, 11) is 0. The molecule has 33 heavy (non-hydrogen) atoms. The lowest BCUT2D eigenvalue weighted by atomic mass is 9.75. The Balaban J connectivity index is 1.19. The third-order valence-corrected chi connectivity index (χ3v) is 7.22. The molecule has 0 spiro atoms. The highest BCUT2D eigenvalue weighted by atomic mass is 16.3. The number of benzene rings is 1. The number of rotatable bonds is 6. The van der Waals surface area contributed by atoms with E-state index in [0.29, 0.717) is 18.5 Å². The number of hydrogen-bond acceptors (Lipinski definition) is 5. The van der Waals surface area contributed by atoms with E-state index in [1.165, 1.54) is 5.56 Å². The Labute approximate surface area is 195 Å². The van der Waals surface area contributed by atoms with Crippen LogP contribution in [0.3, 0.4) is 0 Å². The molecule has 1 amide bonds. The fraction of sp³-hybridized carbons (Fsp3) is 0.500. The zero-order chi connectivity index (χ0) is 23.0. The number of amides is 1. The van der Waals surface area contributed by atoms with E-state index < -0.39 is 0 Å². The Bertz CT molecular complexity index is 1080. The van der Waals surface area contributed by atoms with Crippen molar-refractivity contribution in [2.75, 3.05) is 13.1 Å². The number of carbonyl (C=O) groups excluding carboxylic acids is 1. The highest BCUT2D eigenvalue weighted by molar-refractivity contribution is 5.79. The van der Waals surface area contributed by atoms with Crippen LogP contribution in [0.4, 0.5) is 0 Å². The second-order valence-corrected chi connectivity index (χ2v) is 10.5. The average molecular weight is 448 g/mol. The summed E-state index contributed by atoms with van der Waals surface area (Å²) in [5.74, 6) is 1.40. The normalized spacial score (nSPS) is 24.7. The first-order chi connectivity index (χ1) is 15.9. The standard InChI is InChI=1S/C26H33N5O2/c1-26(2,3)20-8-6-18(7-9-20)24-17-31(29-28-24)15-21-13-19-10-11-30(21)16-23(19)25(32)27-14-22-5-4-12-33-22/h4-9,12,17,19,21,23H,10-11,13-16H2,1-3H3,(H,27,32). The largest absolute Gasteiger partial charge is 0.467 e. The Morgan fingerprint density at radius 2 is 2.03 bits per heavy atom. The molecule has 3 aromatic rings. The summed E-state index contributed by atoms with van der Waals surface area (Å²) in [6.45, 7) is 9.79. The Morgan fingerprint density at radius 3 is 2.70 bits per heavy atom. The van der Waals surface area contributed by atoms with Crippen molar-refractivity contribution >= 4 is 5.91 Å². The minimum atomic E-state index is 0.0533. The number of nitrogens with zero attached hydrogens (tertiary/aromatic N) is 4. The fourth-order valence-corrected chi connectivity index (χ4v) is 5.22. The summed E-state index contributed by atoms with van der Waals surface area (Å²) < 4.78 is 7.29. The first kappa shape index (κ1) is 21.9. The molecule has 3 aliphatic rings. The molecule has 1 N–H and O–H groups in total. The molecule has 0 saturated carbocycles. The second kappa shape index (κ2) is 8.78. The van der Waals surface area contributed by atoms with Gasteiger partial charge in [-0.25, -0.2) is 0 Å². The number of fused-ring (bicyclic) bond motifs is 3. The number of nitrogens with one attached hydrogen (secondary N) is 1. The van der Waals surface area contributed by atoms with Gasteiger partial charge in [0.25, 0.3) is 0 Å². The molecular formula is C26H33N5O2. The van der Waals surface area contributed by atoms with E-state index in [1.807, 2.05) is 23.0 Å². The third-order valence-electron chi connectivity index (χ3n) is 7.22. The van der Waals surface area contributed by atoms with Gasteiger partial charge in [-0.3, -0.25) is 14.4 Å². The minimum Gasteiger partial charge on any atom is -0.467 e. The van der Waals surface area contributed by atoms with Gasteiger partial charge in [0, 0.05) is 18.2 Å². The van der Waals surface area contributed by atoms with Gasteiger partial charge in [0.1, 0.15) is 11.5 Å². The molecule has 4 atom stereocenters. The average Bonchev–Trinajstić information content (AvgIpc) is 3.50. The van der Waals surface area contributed by atoms with Crippen molar-refractivity contribution in [2.24, 2.45) is 11.8 Å². The van der Waals surface area contributed by atoms with E-state index >= 15 is 0 Å². The summed E-state index contributed by atoms with van der Waals surface area (Å²) >= 11 is 0. The summed E-state index contributed by atoms with van der Waals surface area (Å²) in [6, 6.07) is 12.7. The number of carbonyl (C=O) groups is 1. The van der Waals surface area contributed by atoms with Gasteiger partial charge >= 0.3 is 0 Å². The molecule has 3 aliphatic heterocycles. The molecule has 2 bridgehead atoms. The maximum atomic E-state index is 12.8. The molecule has 4 unspecified atom stereocenters. The summed E-state index contributed by atoms with van der Waals surface area (Å²) in [6.07, 6.45) is 5.78. The van der Waals surface area contributed by atoms with E-state index in [-0.39, 0.29) is 17.2 Å². The SMILES string of the molecule is CC(C)(C)c1ccc(-c2cn(CC3CC4CCN3CC4C(=O)NCc3ccco3)nn2)cc1. The Hall–Kier alpha value is -2.93. The minimum absolute atomic E-state index is 0.0533. The zero-order valence-corrected chi connectivity index (χ0v) is 19.7. The van der Waals surface area contributed by atoms with Crippen LogP contribution in [0.2, 0.25) is 0 Å². The lowest BCUT2D eigenvalue weighted by molar-refractivity contribution is -0.133. The number of aromatic nitrogens is 3. The molecule has 0 radical (unpaired) electrons. The summed E-state index contributed by atoms with van der Waals surface area (Å²) in [5, 5.41) is 11.9. The van der Waals surface area contributed by atoms with Crippen LogP contribution in [0, 0.1) is 11.8 Å². The first-order valence-electron chi connectivity index (χ1n) is 11.9. The zero-order valence-electron chi connectivity index (χ0n) is 19.7. The van der Waals surface area contributed by atoms with Gasteiger partial charge in [0.2, 0.25) is 5.91 Å². The van der Waals surface area contributed by atoms with E-state index in [9.17, 15) is 4.79 Å². The van der Waals surface area contributed by atoms with Gasteiger partial charge in [-0.05, 0) is 48.4 Å². The van der Waals surface area contributed by atoms with Crippen LogP contribution in [0.1, 0.15) is 44.9 Å². The van der Waals surface area contributed by atoms with Crippen LogP contribution in [0.5, 0.6) is 0 Å². The van der Waals surface area contributed by atoms with Gasteiger partial charge in [-0.2, -0.15) is 0 Å². The number of piperidine rings is 3. The predicted octanol–water partition coefficient (Wildman–Crippen LogP) is 3.86. The Kier molecular flexibility index (Phi) is 5.83. The molecule has 3 saturated heterocycles. The van der Waals surface area contributed by atoms with Crippen LogP contribution in [-0.2, 0) is 23.3 Å². The molecule has 3 fully saturated rings. The van der Waals surface area contributed by atoms with Crippen LogP contribution >= 0.6 is 0 Å². The monoisotopic (exact) mass is 447 g/mol. The molecule has 174 valence electrons. The van der Waals surface area contributed by atoms with Crippen LogP contribution in [0.15, 0.2) is 53.3 Å². The van der Waals surface area contributed by atoms with E-state index in [1.54, 1.807) is 6.26 Å². The predicted molar refractivity (Wildman–Crippen MR) is 126 cm³/mol. The van der Waals surface area contributed by atoms with Crippen molar-refractivity contribution in [3.8, 4) is 11.3 Å². The van der Waals surface area contributed by atoms with E-state index in [2.05, 4.69) is 65.6 Å². The van der Waals surface area contributed by atoms with Crippen LogP contribution in [-0.4, -0.2) is 44.9 Å². The maximum absolute atomic E-state index is 12.8. The quantitative estimate of drug-likeness (QED) is 0.621. The van der Waals surface area contributed by atoms with Gasteiger partial charge in [0.05, 0.1) is 31.5 Å². The molecule has 7 nitrogen and oxygen atoms in total. The first-order valence-corrected chi connectivity index (χ1v) is 11.9. The van der Waals surface area contributed by atoms with Crippen molar-refractivity contribution in [3.05, 3.63) is 60.2 Å². The smallest absolute Gasteiger partial charge is 0.225 e. The number of furan rings is 1. The molecule has 7 heteroatoms. The van der Waals surface area contributed by atoms with E-state index in [0.717, 1.165) is 49.5 Å². The van der Waals surface area contributed by atoms with Gasteiger partial charge < -0.3 is 9.73 Å². The van der Waals surface area contributed by atoms with Crippen molar-refractivity contribution in [1.82, 2.24) is 25.2 Å². The highest BCUT2D eigenvalue weighted by Crippen LogP contribution is 2.37. The summed E-state index contributed by atoms with van der Waals surface area (Å²) in [5.41, 5.74) is 3.44. The van der Waals surface area contributed by atoms with Crippen LogP contribution in [0.25, 0.3) is 11.3 Å².